The Hall–Kier alpha value is -2.08. The minimum Gasteiger partial charge on any atom is -0.370 e. The summed E-state index contributed by atoms with van der Waals surface area (Å²) in [6.45, 7) is 10.7. The summed E-state index contributed by atoms with van der Waals surface area (Å²) in [6.07, 6.45) is 7.69. The van der Waals surface area contributed by atoms with Gasteiger partial charge in [0.15, 0.2) is 0 Å². The third-order valence-electron chi connectivity index (χ3n) is 9.32. The van der Waals surface area contributed by atoms with Crippen molar-refractivity contribution in [2.45, 2.75) is 83.3 Å². The van der Waals surface area contributed by atoms with E-state index in [0.29, 0.717) is 0 Å². The zero-order valence-corrected chi connectivity index (χ0v) is 19.7. The van der Waals surface area contributed by atoms with Crippen molar-refractivity contribution < 1.29 is 9.53 Å². The smallest absolute Gasteiger partial charge is 0.320 e. The van der Waals surface area contributed by atoms with Gasteiger partial charge in [0.25, 0.3) is 0 Å². The van der Waals surface area contributed by atoms with E-state index < -0.39 is 0 Å². The highest BCUT2D eigenvalue weighted by Gasteiger charge is 2.57. The van der Waals surface area contributed by atoms with Crippen LogP contribution in [0.5, 0.6) is 0 Å². The third-order valence-corrected chi connectivity index (χ3v) is 9.32. The van der Waals surface area contributed by atoms with Crippen LogP contribution in [0, 0.1) is 5.41 Å². The van der Waals surface area contributed by atoms with Gasteiger partial charge in [-0.05, 0) is 73.6 Å². The molecule has 6 nitrogen and oxygen atoms in total. The topological polar surface area (TPSA) is 61.5 Å². The van der Waals surface area contributed by atoms with Crippen LogP contribution in [0.25, 0.3) is 11.0 Å². The molecule has 2 bridgehead atoms. The minimum absolute atomic E-state index is 0.00503. The first-order chi connectivity index (χ1) is 15.4. The summed E-state index contributed by atoms with van der Waals surface area (Å²) >= 11 is 0. The number of aromatic amines is 1. The molecule has 6 heteroatoms. The molecule has 4 heterocycles. The van der Waals surface area contributed by atoms with Crippen molar-refractivity contribution in [3.05, 3.63) is 29.1 Å². The first-order valence-corrected chi connectivity index (χ1v) is 12.6. The molecule has 1 N–H and O–H groups in total. The van der Waals surface area contributed by atoms with Crippen molar-refractivity contribution in [2.24, 2.45) is 5.41 Å². The number of fused-ring (bicyclic) bond motifs is 5. The number of likely N-dealkylation sites (tertiary alicyclic amines) is 2. The summed E-state index contributed by atoms with van der Waals surface area (Å²) in [4.78, 5) is 26.3. The van der Waals surface area contributed by atoms with Gasteiger partial charge in [0.2, 0.25) is 0 Å². The molecule has 1 aromatic carbocycles. The number of nitrogens with one attached hydrogen (secondary N) is 1. The molecule has 3 saturated heterocycles. The van der Waals surface area contributed by atoms with Gasteiger partial charge < -0.3 is 19.5 Å². The number of rotatable bonds is 1. The fraction of sp³-hybridized carbons (Fsp3) is 0.692. The van der Waals surface area contributed by atoms with Crippen LogP contribution in [0.15, 0.2) is 12.1 Å². The Kier molecular flexibility index (Phi) is 4.62. The van der Waals surface area contributed by atoms with E-state index in [-0.39, 0.29) is 29.0 Å². The molecular formula is C26H36N4O2. The number of hydrogen-bond donors (Lipinski definition) is 1. The number of nitrogens with zero attached hydrogens (tertiary/aromatic N) is 3. The van der Waals surface area contributed by atoms with E-state index in [4.69, 9.17) is 9.72 Å². The van der Waals surface area contributed by atoms with Crippen LogP contribution in [0.3, 0.4) is 0 Å². The molecule has 0 radical (unpaired) electrons. The fourth-order valence-corrected chi connectivity index (χ4v) is 6.88. The Bertz CT molecular complexity index is 1050. The minimum atomic E-state index is 0.00503. The van der Waals surface area contributed by atoms with Gasteiger partial charge in [0, 0.05) is 37.7 Å². The standard InChI is InChI=1S/C26H36N4O2/c1-25(2)22-15-17-14-19-20(28-23(27-19)21-8-7-13-32-21)16-18(17)26(25,3)9-12-30(22)24(31)29-10-5-4-6-11-29/h14,16,21-22H,4-13,15H2,1-3H3,(H,27,28)/t21-,22+,26-/m0/s1. The predicted octanol–water partition coefficient (Wildman–Crippen LogP) is 4.93. The molecule has 32 heavy (non-hydrogen) atoms. The number of aromatic nitrogens is 2. The van der Waals surface area contributed by atoms with Crippen LogP contribution in [-0.4, -0.2) is 58.1 Å². The van der Waals surface area contributed by atoms with E-state index in [1.54, 1.807) is 0 Å². The number of hydrogen-bond acceptors (Lipinski definition) is 3. The first-order valence-electron chi connectivity index (χ1n) is 12.6. The quantitative estimate of drug-likeness (QED) is 0.689. The highest BCUT2D eigenvalue weighted by molar-refractivity contribution is 5.79. The second kappa shape index (κ2) is 7.21. The number of imidazole rings is 1. The van der Waals surface area contributed by atoms with E-state index in [0.717, 1.165) is 81.6 Å². The van der Waals surface area contributed by atoms with Crippen LogP contribution in [0.2, 0.25) is 0 Å². The number of ether oxygens (including phenoxy) is 1. The van der Waals surface area contributed by atoms with Gasteiger partial charge in [0.1, 0.15) is 11.9 Å². The summed E-state index contributed by atoms with van der Waals surface area (Å²) in [5, 5.41) is 0. The zero-order valence-electron chi connectivity index (χ0n) is 19.7. The number of carbonyl (C=O) groups is 1. The molecule has 0 spiro atoms. The van der Waals surface area contributed by atoms with Gasteiger partial charge in [-0.3, -0.25) is 0 Å². The number of amides is 2. The molecular weight excluding hydrogens is 400 g/mol. The lowest BCUT2D eigenvalue weighted by molar-refractivity contribution is -0.0241. The Morgan fingerprint density at radius 3 is 2.69 bits per heavy atom. The van der Waals surface area contributed by atoms with E-state index >= 15 is 0 Å². The van der Waals surface area contributed by atoms with Crippen LogP contribution in [0.1, 0.15) is 82.4 Å². The largest absolute Gasteiger partial charge is 0.370 e. The molecule has 6 rings (SSSR count). The van der Waals surface area contributed by atoms with Gasteiger partial charge in [-0.1, -0.05) is 20.8 Å². The van der Waals surface area contributed by atoms with Gasteiger partial charge in [-0.2, -0.15) is 0 Å². The Balaban J connectivity index is 1.38. The van der Waals surface area contributed by atoms with Crippen LogP contribution >= 0.6 is 0 Å². The maximum atomic E-state index is 13.5. The van der Waals surface area contributed by atoms with Crippen molar-refractivity contribution in [1.82, 2.24) is 19.8 Å². The SMILES string of the molecule is CC1(C)[C@H]2Cc3cc4[nH]c([C@@H]5CCCO5)nc4cc3[C@]1(C)CCN2C(=O)N1CCCCC1. The van der Waals surface area contributed by atoms with E-state index in [9.17, 15) is 4.79 Å². The van der Waals surface area contributed by atoms with Crippen molar-refractivity contribution in [1.29, 1.82) is 0 Å². The average Bonchev–Trinajstić information content (AvgIpc) is 3.45. The highest BCUT2D eigenvalue weighted by Crippen LogP contribution is 2.56. The molecule has 1 aliphatic carbocycles. The molecule has 4 aliphatic rings. The van der Waals surface area contributed by atoms with E-state index in [1.807, 2.05) is 0 Å². The number of carbonyl (C=O) groups excluding carboxylic acids is 1. The number of urea groups is 1. The average molecular weight is 437 g/mol. The normalized spacial score (nSPS) is 31.7. The van der Waals surface area contributed by atoms with Gasteiger partial charge >= 0.3 is 6.03 Å². The zero-order chi connectivity index (χ0) is 22.1. The van der Waals surface area contributed by atoms with Crippen LogP contribution < -0.4 is 0 Å². The molecule has 3 atom stereocenters. The Morgan fingerprint density at radius 2 is 1.94 bits per heavy atom. The monoisotopic (exact) mass is 436 g/mol. The lowest BCUT2D eigenvalue weighted by Crippen LogP contribution is -2.66. The summed E-state index contributed by atoms with van der Waals surface area (Å²) in [5.74, 6) is 0.967. The van der Waals surface area contributed by atoms with Crippen LogP contribution in [-0.2, 0) is 16.6 Å². The van der Waals surface area contributed by atoms with Crippen molar-refractivity contribution in [3.63, 3.8) is 0 Å². The predicted molar refractivity (Wildman–Crippen MR) is 125 cm³/mol. The number of benzene rings is 1. The second-order valence-corrected chi connectivity index (χ2v) is 11.2. The molecule has 3 aliphatic heterocycles. The number of piperidine rings is 2. The molecule has 2 aromatic rings. The maximum Gasteiger partial charge on any atom is 0.320 e. The third kappa shape index (κ3) is 2.87. The van der Waals surface area contributed by atoms with Crippen molar-refractivity contribution in [2.75, 3.05) is 26.2 Å². The number of H-pyrrole nitrogens is 1. The molecule has 0 saturated carbocycles. The van der Waals surface area contributed by atoms with E-state index in [2.05, 4.69) is 47.7 Å². The summed E-state index contributed by atoms with van der Waals surface area (Å²) in [5.41, 5.74) is 5.00. The van der Waals surface area contributed by atoms with Crippen molar-refractivity contribution in [3.8, 4) is 0 Å². The second-order valence-electron chi connectivity index (χ2n) is 11.2. The molecule has 3 fully saturated rings. The van der Waals surface area contributed by atoms with Gasteiger partial charge in [0.05, 0.1) is 11.0 Å². The van der Waals surface area contributed by atoms with Crippen molar-refractivity contribution >= 4 is 17.1 Å². The molecule has 172 valence electrons. The van der Waals surface area contributed by atoms with Gasteiger partial charge in [-0.25, -0.2) is 9.78 Å². The fourth-order valence-electron chi connectivity index (χ4n) is 6.88. The Labute approximate surface area is 190 Å². The summed E-state index contributed by atoms with van der Waals surface area (Å²) < 4.78 is 5.87. The first kappa shape index (κ1) is 20.5. The molecule has 1 aromatic heterocycles. The Morgan fingerprint density at radius 1 is 1.12 bits per heavy atom. The highest BCUT2D eigenvalue weighted by atomic mass is 16.5. The van der Waals surface area contributed by atoms with Gasteiger partial charge in [-0.15, -0.1) is 0 Å². The lowest BCUT2D eigenvalue weighted by Gasteiger charge is -2.61. The molecule has 2 amide bonds. The lowest BCUT2D eigenvalue weighted by atomic mass is 9.51. The van der Waals surface area contributed by atoms with Crippen LogP contribution in [0.4, 0.5) is 4.79 Å². The van der Waals surface area contributed by atoms with E-state index in [1.165, 1.54) is 17.5 Å². The molecule has 0 unspecified atom stereocenters. The summed E-state index contributed by atoms with van der Waals surface area (Å²) in [7, 11) is 0. The summed E-state index contributed by atoms with van der Waals surface area (Å²) in [6, 6.07) is 5.13. The maximum absolute atomic E-state index is 13.5.